The number of fused-ring (bicyclic) bond motifs is 2. The smallest absolute Gasteiger partial charge is 0.387 e. The second kappa shape index (κ2) is 6.70. The molecule has 0 aromatic heterocycles. The fourth-order valence-electron chi connectivity index (χ4n) is 3.30. The average molecular weight is 326 g/mol. The lowest BCUT2D eigenvalue weighted by molar-refractivity contribution is -0.0512. The normalized spacial score (nSPS) is 23.7. The van der Waals surface area contributed by atoms with E-state index in [4.69, 9.17) is 4.74 Å². The van der Waals surface area contributed by atoms with E-state index in [-0.39, 0.29) is 17.4 Å². The number of nitrogens with zero attached hydrogens (tertiary/aromatic N) is 1. The number of benzene rings is 1. The summed E-state index contributed by atoms with van der Waals surface area (Å²) in [5.74, 6) is -0.0532. The van der Waals surface area contributed by atoms with Crippen LogP contribution in [0.4, 0.5) is 8.78 Å². The van der Waals surface area contributed by atoms with Crippen molar-refractivity contribution in [2.24, 2.45) is 0 Å². The first-order chi connectivity index (χ1) is 11.1. The molecule has 2 heterocycles. The average Bonchev–Trinajstić information content (AvgIpc) is 2.85. The molecule has 0 radical (unpaired) electrons. The van der Waals surface area contributed by atoms with E-state index in [2.05, 4.69) is 10.1 Å². The summed E-state index contributed by atoms with van der Waals surface area (Å²) in [4.78, 5) is 14.5. The molecular weight excluding hydrogens is 306 g/mol. The van der Waals surface area contributed by atoms with Gasteiger partial charge in [-0.1, -0.05) is 0 Å². The van der Waals surface area contributed by atoms with Crippen molar-refractivity contribution in [3.63, 3.8) is 0 Å². The largest absolute Gasteiger partial charge is 0.493 e. The van der Waals surface area contributed by atoms with Crippen LogP contribution in [-0.2, 0) is 0 Å². The molecule has 3 rings (SSSR count). The molecule has 126 valence electrons. The summed E-state index contributed by atoms with van der Waals surface area (Å²) in [6.07, 6.45) is 3.19. The molecule has 1 N–H and O–H groups in total. The van der Waals surface area contributed by atoms with Crippen LogP contribution < -0.4 is 14.8 Å². The van der Waals surface area contributed by atoms with E-state index in [9.17, 15) is 13.6 Å². The van der Waals surface area contributed by atoms with Crippen LogP contribution >= 0.6 is 0 Å². The Balaban J connectivity index is 1.76. The Bertz CT molecular complexity index is 582. The third-order valence-corrected chi connectivity index (χ3v) is 4.44. The number of methoxy groups -OCH3 is 1. The van der Waals surface area contributed by atoms with E-state index in [1.807, 2.05) is 4.90 Å². The first-order valence-corrected chi connectivity index (χ1v) is 7.75. The molecule has 2 atom stereocenters. The fraction of sp³-hybridized carbons (Fsp3) is 0.562. The summed E-state index contributed by atoms with van der Waals surface area (Å²) in [5, 5.41) is 3.52. The quantitative estimate of drug-likeness (QED) is 0.922. The lowest BCUT2D eigenvalue weighted by Gasteiger charge is -2.24. The molecule has 1 aromatic carbocycles. The summed E-state index contributed by atoms with van der Waals surface area (Å²) in [5.41, 5.74) is 0.418. The third kappa shape index (κ3) is 3.55. The number of likely N-dealkylation sites (tertiary alicyclic amines) is 1. The van der Waals surface area contributed by atoms with E-state index in [0.29, 0.717) is 30.7 Å². The SMILES string of the molecule is COc1cc(C(=O)N2CCC3CCC(C2)N3)ccc1OC(F)F. The molecule has 23 heavy (non-hydrogen) atoms. The van der Waals surface area contributed by atoms with Gasteiger partial charge in [0.2, 0.25) is 0 Å². The predicted octanol–water partition coefficient (Wildman–Crippen LogP) is 2.26. The first kappa shape index (κ1) is 16.0. The van der Waals surface area contributed by atoms with Gasteiger partial charge in [0.05, 0.1) is 7.11 Å². The van der Waals surface area contributed by atoms with Crippen LogP contribution in [0.3, 0.4) is 0 Å². The Morgan fingerprint density at radius 1 is 1.26 bits per heavy atom. The minimum atomic E-state index is -2.93. The number of rotatable bonds is 4. The van der Waals surface area contributed by atoms with E-state index in [1.165, 1.54) is 31.7 Å². The number of carbonyl (C=O) groups excluding carboxylic acids is 1. The number of ether oxygens (including phenoxy) is 2. The molecule has 2 aliphatic rings. The summed E-state index contributed by atoms with van der Waals surface area (Å²) < 4.78 is 34.2. The minimum absolute atomic E-state index is 0.0735. The van der Waals surface area contributed by atoms with Crippen LogP contribution in [0.5, 0.6) is 11.5 Å². The van der Waals surface area contributed by atoms with E-state index in [1.54, 1.807) is 0 Å². The Labute approximate surface area is 133 Å². The van der Waals surface area contributed by atoms with Crippen LogP contribution in [0.2, 0.25) is 0 Å². The van der Waals surface area contributed by atoms with Crippen LogP contribution in [0.15, 0.2) is 18.2 Å². The van der Waals surface area contributed by atoms with Crippen molar-refractivity contribution in [2.45, 2.75) is 38.0 Å². The summed E-state index contributed by atoms with van der Waals surface area (Å²) >= 11 is 0. The number of nitrogens with one attached hydrogen (secondary N) is 1. The third-order valence-electron chi connectivity index (χ3n) is 4.44. The van der Waals surface area contributed by atoms with Gasteiger partial charge in [-0.3, -0.25) is 4.79 Å². The van der Waals surface area contributed by atoms with Gasteiger partial charge in [0, 0.05) is 30.7 Å². The van der Waals surface area contributed by atoms with Crippen molar-refractivity contribution in [1.29, 1.82) is 0 Å². The van der Waals surface area contributed by atoms with E-state index >= 15 is 0 Å². The van der Waals surface area contributed by atoms with Gasteiger partial charge in [-0.15, -0.1) is 0 Å². The lowest BCUT2D eigenvalue weighted by Crippen LogP contribution is -2.39. The van der Waals surface area contributed by atoms with Crippen molar-refractivity contribution >= 4 is 5.91 Å². The molecular formula is C16H20F2N2O3. The summed E-state index contributed by atoms with van der Waals surface area (Å²) in [6, 6.07) is 5.14. The minimum Gasteiger partial charge on any atom is -0.493 e. The Kier molecular flexibility index (Phi) is 4.66. The van der Waals surface area contributed by atoms with E-state index < -0.39 is 6.61 Å². The van der Waals surface area contributed by atoms with Crippen molar-refractivity contribution in [1.82, 2.24) is 10.2 Å². The van der Waals surface area contributed by atoms with Gasteiger partial charge >= 0.3 is 6.61 Å². The molecule has 1 amide bonds. The van der Waals surface area contributed by atoms with E-state index in [0.717, 1.165) is 12.8 Å². The predicted molar refractivity (Wildman–Crippen MR) is 80.1 cm³/mol. The van der Waals surface area contributed by atoms with Gasteiger partial charge in [0.15, 0.2) is 11.5 Å². The second-order valence-corrected chi connectivity index (χ2v) is 5.92. The molecule has 2 bridgehead atoms. The Morgan fingerprint density at radius 3 is 2.78 bits per heavy atom. The molecule has 2 unspecified atom stereocenters. The highest BCUT2D eigenvalue weighted by molar-refractivity contribution is 5.95. The maximum Gasteiger partial charge on any atom is 0.387 e. The van der Waals surface area contributed by atoms with Crippen molar-refractivity contribution < 1.29 is 23.0 Å². The highest BCUT2D eigenvalue weighted by Gasteiger charge is 2.31. The van der Waals surface area contributed by atoms with Crippen molar-refractivity contribution in [2.75, 3.05) is 20.2 Å². The van der Waals surface area contributed by atoms with Crippen LogP contribution in [0, 0.1) is 0 Å². The molecule has 2 fully saturated rings. The van der Waals surface area contributed by atoms with Crippen LogP contribution in [-0.4, -0.2) is 49.7 Å². The van der Waals surface area contributed by atoms with Gasteiger partial charge in [-0.2, -0.15) is 8.78 Å². The van der Waals surface area contributed by atoms with Gasteiger partial charge in [0.25, 0.3) is 5.91 Å². The highest BCUT2D eigenvalue weighted by atomic mass is 19.3. The summed E-state index contributed by atoms with van der Waals surface area (Å²) in [7, 11) is 1.36. The molecule has 0 spiro atoms. The summed E-state index contributed by atoms with van der Waals surface area (Å²) in [6.45, 7) is -1.56. The molecule has 2 saturated heterocycles. The van der Waals surface area contributed by atoms with Crippen molar-refractivity contribution in [3.05, 3.63) is 23.8 Å². The number of amides is 1. The number of hydrogen-bond acceptors (Lipinski definition) is 4. The van der Waals surface area contributed by atoms with Gasteiger partial charge in [0.1, 0.15) is 0 Å². The molecule has 2 aliphatic heterocycles. The molecule has 5 nitrogen and oxygen atoms in total. The first-order valence-electron chi connectivity index (χ1n) is 7.75. The Morgan fingerprint density at radius 2 is 2.04 bits per heavy atom. The maximum atomic E-state index is 12.7. The standard InChI is InChI=1S/C16H20F2N2O3/c1-22-14-8-10(2-5-13(14)23-16(17)18)15(21)20-7-6-11-3-4-12(9-20)19-11/h2,5,8,11-12,16,19H,3-4,6-7,9H2,1H3. The fourth-order valence-corrected chi connectivity index (χ4v) is 3.30. The maximum absolute atomic E-state index is 12.7. The van der Waals surface area contributed by atoms with Crippen molar-refractivity contribution in [3.8, 4) is 11.5 Å². The zero-order chi connectivity index (χ0) is 16.4. The molecule has 7 heteroatoms. The molecule has 0 saturated carbocycles. The van der Waals surface area contributed by atoms with Crippen LogP contribution in [0.1, 0.15) is 29.6 Å². The van der Waals surface area contributed by atoms with Gasteiger partial charge in [-0.25, -0.2) is 0 Å². The van der Waals surface area contributed by atoms with Gasteiger partial charge in [-0.05, 0) is 37.5 Å². The number of alkyl halides is 2. The number of hydrogen-bond donors (Lipinski definition) is 1. The zero-order valence-electron chi connectivity index (χ0n) is 12.9. The number of carbonyl (C=O) groups is 1. The van der Waals surface area contributed by atoms with Crippen LogP contribution in [0.25, 0.3) is 0 Å². The zero-order valence-corrected chi connectivity index (χ0v) is 12.9. The Hall–Kier alpha value is -1.89. The monoisotopic (exact) mass is 326 g/mol. The molecule has 1 aromatic rings. The molecule has 0 aliphatic carbocycles. The second-order valence-electron chi connectivity index (χ2n) is 5.92. The highest BCUT2D eigenvalue weighted by Crippen LogP contribution is 2.30. The topological polar surface area (TPSA) is 50.8 Å². The van der Waals surface area contributed by atoms with Gasteiger partial charge < -0.3 is 19.7 Å². The number of halogens is 2. The lowest BCUT2D eigenvalue weighted by atomic mass is 10.1.